The molecule has 33 heavy (non-hydrogen) atoms. The first-order valence-electron chi connectivity index (χ1n) is 10.7. The lowest BCUT2D eigenvalue weighted by atomic mass is 9.92. The van der Waals surface area contributed by atoms with Gasteiger partial charge in [0.15, 0.2) is 0 Å². The lowest BCUT2D eigenvalue weighted by Crippen LogP contribution is -2.44. The number of nitrogens with one attached hydrogen (secondary N) is 1. The molecule has 1 N–H and O–H groups in total. The summed E-state index contributed by atoms with van der Waals surface area (Å²) in [7, 11) is 0. The summed E-state index contributed by atoms with van der Waals surface area (Å²) in [4.78, 5) is 45.7. The number of carbonyl (C=O) groups is 2. The molecule has 10 heteroatoms. The highest BCUT2D eigenvalue weighted by Crippen LogP contribution is 2.28. The Kier molecular flexibility index (Phi) is 6.54. The molecule has 174 valence electrons. The molecule has 7 nitrogen and oxygen atoms in total. The van der Waals surface area contributed by atoms with Gasteiger partial charge in [-0.25, -0.2) is 9.37 Å². The molecule has 1 saturated heterocycles. The monoisotopic (exact) mass is 490 g/mol. The van der Waals surface area contributed by atoms with Crippen LogP contribution in [0.1, 0.15) is 35.5 Å². The first kappa shape index (κ1) is 23.4. The van der Waals surface area contributed by atoms with Gasteiger partial charge in [-0.15, -0.1) is 11.3 Å². The second-order valence-electron chi connectivity index (χ2n) is 8.74. The molecule has 0 spiro atoms. The van der Waals surface area contributed by atoms with Crippen LogP contribution in [0.3, 0.4) is 0 Å². The second kappa shape index (κ2) is 9.23. The Balaban J connectivity index is 1.58. The van der Waals surface area contributed by atoms with Gasteiger partial charge in [-0.2, -0.15) is 0 Å². The number of hydrogen-bond donors (Lipinski definition) is 1. The van der Waals surface area contributed by atoms with E-state index in [2.05, 4.69) is 24.1 Å². The molecule has 4 rings (SSSR count). The Bertz CT molecular complexity index is 1290. The molecule has 2 aromatic heterocycles. The van der Waals surface area contributed by atoms with Gasteiger partial charge in [-0.3, -0.25) is 19.0 Å². The molecule has 0 bridgehead atoms. The van der Waals surface area contributed by atoms with Crippen molar-refractivity contribution < 1.29 is 14.0 Å². The number of amides is 2. The number of hydrogen-bond acceptors (Lipinski definition) is 5. The number of nitrogens with zero attached hydrogens (tertiary/aromatic N) is 3. The fourth-order valence-electron chi connectivity index (χ4n) is 4.36. The molecule has 1 fully saturated rings. The molecule has 1 aliphatic rings. The molecule has 1 aliphatic heterocycles. The van der Waals surface area contributed by atoms with E-state index in [0.717, 1.165) is 23.8 Å². The molecule has 2 amide bonds. The summed E-state index contributed by atoms with van der Waals surface area (Å²) in [6.07, 6.45) is 2.44. The third kappa shape index (κ3) is 4.79. The van der Waals surface area contributed by atoms with E-state index in [9.17, 15) is 18.8 Å². The second-order valence-corrected chi connectivity index (χ2v) is 10.1. The average Bonchev–Trinajstić information content (AvgIpc) is 3.09. The van der Waals surface area contributed by atoms with Crippen LogP contribution in [0.25, 0.3) is 10.2 Å². The highest BCUT2D eigenvalue weighted by molar-refractivity contribution is 7.20. The van der Waals surface area contributed by atoms with Crippen molar-refractivity contribution in [2.75, 3.05) is 18.4 Å². The van der Waals surface area contributed by atoms with Crippen molar-refractivity contribution in [2.24, 2.45) is 11.8 Å². The van der Waals surface area contributed by atoms with Gasteiger partial charge in [0.2, 0.25) is 5.91 Å². The smallest absolute Gasteiger partial charge is 0.266 e. The Hall–Kier alpha value is -2.78. The molecule has 0 saturated carbocycles. The van der Waals surface area contributed by atoms with Crippen molar-refractivity contribution in [1.82, 2.24) is 14.5 Å². The van der Waals surface area contributed by atoms with Crippen molar-refractivity contribution in [2.45, 2.75) is 33.7 Å². The Morgan fingerprint density at radius 1 is 1.27 bits per heavy atom. The molecule has 0 unspecified atom stereocenters. The summed E-state index contributed by atoms with van der Waals surface area (Å²) in [5, 5.41) is 2.88. The number of carbonyl (C=O) groups excluding carboxylic acids is 2. The summed E-state index contributed by atoms with van der Waals surface area (Å²) in [6.45, 7) is 7.19. The number of likely N-dealkylation sites (tertiary alicyclic amines) is 1. The van der Waals surface area contributed by atoms with Gasteiger partial charge in [0.1, 0.15) is 17.2 Å². The van der Waals surface area contributed by atoms with Crippen LogP contribution in [0.5, 0.6) is 0 Å². The maximum absolute atomic E-state index is 13.4. The van der Waals surface area contributed by atoms with Gasteiger partial charge in [0.05, 0.1) is 21.6 Å². The van der Waals surface area contributed by atoms with Gasteiger partial charge in [-0.05, 0) is 48.9 Å². The molecular weight excluding hydrogens is 467 g/mol. The number of piperidine rings is 1. The summed E-state index contributed by atoms with van der Waals surface area (Å²) >= 11 is 6.87. The molecular formula is C23H24ClFN4O3S. The molecule has 3 aromatic rings. The average molecular weight is 491 g/mol. The van der Waals surface area contributed by atoms with Crippen LogP contribution in [0.15, 0.2) is 29.3 Å². The van der Waals surface area contributed by atoms with Crippen LogP contribution in [-0.4, -0.2) is 39.4 Å². The summed E-state index contributed by atoms with van der Waals surface area (Å²) in [5.74, 6) is -0.301. The third-order valence-corrected chi connectivity index (χ3v) is 7.32. The predicted octanol–water partition coefficient (Wildman–Crippen LogP) is 4.32. The van der Waals surface area contributed by atoms with Crippen LogP contribution < -0.4 is 10.9 Å². The molecule has 3 heterocycles. The van der Waals surface area contributed by atoms with Crippen molar-refractivity contribution >= 4 is 50.7 Å². The zero-order chi connectivity index (χ0) is 23.9. The van der Waals surface area contributed by atoms with Crippen LogP contribution in [0, 0.1) is 24.6 Å². The van der Waals surface area contributed by atoms with Crippen molar-refractivity contribution in [1.29, 1.82) is 0 Å². The Morgan fingerprint density at radius 3 is 2.64 bits per heavy atom. The number of fused-ring (bicyclic) bond motifs is 1. The van der Waals surface area contributed by atoms with E-state index in [1.807, 2.05) is 4.90 Å². The van der Waals surface area contributed by atoms with Gasteiger partial charge >= 0.3 is 0 Å². The van der Waals surface area contributed by atoms with Gasteiger partial charge < -0.3 is 10.2 Å². The minimum atomic E-state index is -0.583. The fraction of sp³-hybridized carbons (Fsp3) is 0.391. The zero-order valence-corrected chi connectivity index (χ0v) is 20.1. The lowest BCUT2D eigenvalue weighted by molar-refractivity contribution is -0.134. The molecule has 1 aromatic carbocycles. The lowest BCUT2D eigenvalue weighted by Gasteiger charge is -2.35. The topological polar surface area (TPSA) is 84.3 Å². The van der Waals surface area contributed by atoms with Crippen molar-refractivity contribution in [3.8, 4) is 0 Å². The standard InChI is InChI=1S/C23H24ClFN4O3S/c1-12-6-13(2)9-28(8-12)18(30)10-29-11-26-22-19(23(29)32)14(3)20(33-22)21(31)27-15-4-5-17(25)16(24)7-15/h4-5,7,11-13H,6,8-10H2,1-3H3,(H,27,31)/t12-,13-/m1/s1. The first-order chi connectivity index (χ1) is 15.6. The molecule has 0 aliphatic carbocycles. The number of aryl methyl sites for hydroxylation is 1. The Morgan fingerprint density at radius 2 is 1.97 bits per heavy atom. The summed E-state index contributed by atoms with van der Waals surface area (Å²) < 4.78 is 14.7. The van der Waals surface area contributed by atoms with Crippen molar-refractivity contribution in [3.63, 3.8) is 0 Å². The maximum atomic E-state index is 13.4. The largest absolute Gasteiger partial charge is 0.341 e. The molecule has 0 radical (unpaired) electrons. The van der Waals surface area contributed by atoms with Gasteiger partial charge in [-0.1, -0.05) is 25.4 Å². The fourth-order valence-corrected chi connectivity index (χ4v) is 5.58. The quantitative estimate of drug-likeness (QED) is 0.590. The van der Waals surface area contributed by atoms with Crippen LogP contribution in [0.2, 0.25) is 5.02 Å². The van der Waals surface area contributed by atoms with E-state index in [4.69, 9.17) is 11.6 Å². The van der Waals surface area contributed by atoms with E-state index >= 15 is 0 Å². The minimum absolute atomic E-state index is 0.0912. The summed E-state index contributed by atoms with van der Waals surface area (Å²) in [5.41, 5.74) is 0.466. The first-order valence-corrected chi connectivity index (χ1v) is 11.9. The van der Waals surface area contributed by atoms with E-state index in [1.54, 1.807) is 6.92 Å². The van der Waals surface area contributed by atoms with E-state index in [-0.39, 0.29) is 23.0 Å². The van der Waals surface area contributed by atoms with E-state index in [1.165, 1.54) is 23.0 Å². The third-order valence-electron chi connectivity index (χ3n) is 5.83. The SMILES string of the molecule is Cc1c(C(=O)Nc2ccc(F)c(Cl)c2)sc2ncn(CC(=O)N3C[C@H](C)C[C@@H](C)C3)c(=O)c12. The van der Waals surface area contributed by atoms with E-state index in [0.29, 0.717) is 51.3 Å². The number of benzene rings is 1. The van der Waals surface area contributed by atoms with Crippen molar-refractivity contribution in [3.05, 3.63) is 56.2 Å². The summed E-state index contributed by atoms with van der Waals surface area (Å²) in [6, 6.07) is 3.88. The normalized spacial score (nSPS) is 18.5. The predicted molar refractivity (Wildman–Crippen MR) is 128 cm³/mol. The number of rotatable bonds is 4. The minimum Gasteiger partial charge on any atom is -0.341 e. The van der Waals surface area contributed by atoms with E-state index < -0.39 is 11.7 Å². The van der Waals surface area contributed by atoms with Crippen LogP contribution in [-0.2, 0) is 11.3 Å². The van der Waals surface area contributed by atoms with Gasteiger partial charge in [0, 0.05) is 18.8 Å². The number of thiophene rings is 1. The Labute approximate surface area is 199 Å². The zero-order valence-electron chi connectivity index (χ0n) is 18.5. The highest BCUT2D eigenvalue weighted by Gasteiger charge is 2.26. The maximum Gasteiger partial charge on any atom is 0.266 e. The van der Waals surface area contributed by atoms with Gasteiger partial charge in [0.25, 0.3) is 11.5 Å². The number of halogens is 2. The number of anilines is 1. The highest BCUT2D eigenvalue weighted by atomic mass is 35.5. The molecule has 2 atom stereocenters. The van der Waals surface area contributed by atoms with Crippen LogP contribution in [0.4, 0.5) is 10.1 Å². The number of aromatic nitrogens is 2. The van der Waals surface area contributed by atoms with Crippen LogP contribution >= 0.6 is 22.9 Å².